The Bertz CT molecular complexity index is 826. The number of carbonyl (C=O) groups is 1. The van der Waals surface area contributed by atoms with Crippen LogP contribution in [0.5, 0.6) is 0 Å². The number of allylic oxidation sites excluding steroid dienone is 1. The van der Waals surface area contributed by atoms with Gasteiger partial charge in [0.25, 0.3) is 0 Å². The van der Waals surface area contributed by atoms with E-state index < -0.39 is 0 Å². The molecule has 0 aromatic heterocycles. The van der Waals surface area contributed by atoms with Crippen LogP contribution in [0, 0.1) is 0 Å². The van der Waals surface area contributed by atoms with Crippen LogP contribution in [0.15, 0.2) is 65.2 Å². The van der Waals surface area contributed by atoms with Crippen molar-refractivity contribution in [3.8, 4) is 0 Å². The molecule has 0 spiro atoms. The van der Waals surface area contributed by atoms with Gasteiger partial charge in [0.2, 0.25) is 0 Å². The quantitative estimate of drug-likeness (QED) is 0.672. The zero-order valence-electron chi connectivity index (χ0n) is 12.2. The smallest absolute Gasteiger partial charge is 0.199 e. The summed E-state index contributed by atoms with van der Waals surface area (Å²) in [5.74, 6) is -0.298. The number of aliphatic hydroxyl groups excluding tert-OH is 1. The Morgan fingerprint density at radius 1 is 1.09 bits per heavy atom. The predicted molar refractivity (Wildman–Crippen MR) is 94.7 cm³/mol. The second-order valence-electron chi connectivity index (χ2n) is 5.04. The van der Waals surface area contributed by atoms with Gasteiger partial charge in [0, 0.05) is 23.9 Å². The standard InChI is InChI=1S/C18H14N2O2S/c21-16-13-8-4-5-9-14(13)17(22)15(16)11-20-18(23)19-10-12-6-2-1-3-7-12/h1-9,11,21H,10H2,(H,19,23)/b20-11-. The number of nitrogens with zero attached hydrogens (tertiary/aromatic N) is 1. The third kappa shape index (κ3) is 3.19. The van der Waals surface area contributed by atoms with Crippen LogP contribution in [-0.4, -0.2) is 22.2 Å². The molecule has 0 fully saturated rings. The van der Waals surface area contributed by atoms with Crippen molar-refractivity contribution < 1.29 is 9.90 Å². The summed E-state index contributed by atoms with van der Waals surface area (Å²) in [5, 5.41) is 13.4. The fourth-order valence-electron chi connectivity index (χ4n) is 2.35. The maximum atomic E-state index is 12.2. The first-order valence-electron chi connectivity index (χ1n) is 7.10. The number of rotatable bonds is 3. The van der Waals surface area contributed by atoms with Crippen LogP contribution in [0.3, 0.4) is 0 Å². The van der Waals surface area contributed by atoms with Gasteiger partial charge in [-0.2, -0.15) is 0 Å². The van der Waals surface area contributed by atoms with E-state index in [0.29, 0.717) is 17.7 Å². The largest absolute Gasteiger partial charge is 0.506 e. The summed E-state index contributed by atoms with van der Waals surface area (Å²) >= 11 is 5.13. The molecule has 0 heterocycles. The van der Waals surface area contributed by atoms with Crippen molar-refractivity contribution in [2.24, 2.45) is 4.99 Å². The summed E-state index contributed by atoms with van der Waals surface area (Å²) in [4.78, 5) is 16.3. The van der Waals surface area contributed by atoms with Crippen LogP contribution in [0.4, 0.5) is 0 Å². The topological polar surface area (TPSA) is 61.7 Å². The van der Waals surface area contributed by atoms with Crippen LogP contribution >= 0.6 is 12.2 Å². The predicted octanol–water partition coefficient (Wildman–Crippen LogP) is 3.30. The SMILES string of the molecule is O=C1C(/C=N\C(=S)NCc2ccccc2)=C(O)c2ccccc21. The number of nitrogens with one attached hydrogen (secondary N) is 1. The van der Waals surface area contributed by atoms with Crippen LogP contribution in [0.2, 0.25) is 0 Å². The summed E-state index contributed by atoms with van der Waals surface area (Å²) in [6, 6.07) is 16.7. The molecule has 3 rings (SSSR count). The average Bonchev–Trinajstić information content (AvgIpc) is 2.83. The Hall–Kier alpha value is -2.79. The average molecular weight is 322 g/mol. The molecule has 0 aliphatic heterocycles. The van der Waals surface area contributed by atoms with E-state index in [0.717, 1.165) is 5.56 Å². The van der Waals surface area contributed by atoms with Crippen molar-refractivity contribution in [3.05, 3.63) is 76.9 Å². The number of thiocarbonyl (C=S) groups is 1. The van der Waals surface area contributed by atoms with Gasteiger partial charge < -0.3 is 10.4 Å². The van der Waals surface area contributed by atoms with E-state index in [1.807, 2.05) is 30.3 Å². The Kier molecular flexibility index (Phi) is 4.30. The summed E-state index contributed by atoms with van der Waals surface area (Å²) in [7, 11) is 0. The molecule has 0 saturated carbocycles. The second kappa shape index (κ2) is 6.54. The van der Waals surface area contributed by atoms with Crippen LogP contribution in [0.25, 0.3) is 5.76 Å². The van der Waals surface area contributed by atoms with Gasteiger partial charge in [-0.05, 0) is 17.8 Å². The molecule has 5 heteroatoms. The molecule has 0 atom stereocenters. The normalized spacial score (nSPS) is 13.5. The summed E-state index contributed by atoms with van der Waals surface area (Å²) in [6.07, 6.45) is 1.32. The number of Topliss-reactive ketones (excluding diaryl/α,β-unsaturated/α-hetero) is 1. The van der Waals surface area contributed by atoms with E-state index in [2.05, 4.69) is 10.3 Å². The molecule has 0 radical (unpaired) electrons. The minimum atomic E-state index is -0.243. The summed E-state index contributed by atoms with van der Waals surface area (Å²) in [6.45, 7) is 0.552. The monoisotopic (exact) mass is 322 g/mol. The van der Waals surface area contributed by atoms with Crippen molar-refractivity contribution in [2.75, 3.05) is 0 Å². The Morgan fingerprint density at radius 3 is 2.43 bits per heavy atom. The van der Waals surface area contributed by atoms with E-state index in [4.69, 9.17) is 12.2 Å². The lowest BCUT2D eigenvalue weighted by Gasteiger charge is -2.03. The fourth-order valence-corrected chi connectivity index (χ4v) is 2.47. The molecule has 0 saturated heterocycles. The van der Waals surface area contributed by atoms with Gasteiger partial charge >= 0.3 is 0 Å². The van der Waals surface area contributed by atoms with Crippen LogP contribution < -0.4 is 5.32 Å². The third-order valence-electron chi connectivity index (χ3n) is 3.52. The van der Waals surface area contributed by atoms with E-state index >= 15 is 0 Å². The van der Waals surface area contributed by atoms with Gasteiger partial charge in [0.1, 0.15) is 5.76 Å². The van der Waals surface area contributed by atoms with Crippen LogP contribution in [0.1, 0.15) is 21.5 Å². The minimum absolute atomic E-state index is 0.0554. The summed E-state index contributed by atoms with van der Waals surface area (Å²) in [5.41, 5.74) is 2.25. The number of aliphatic hydroxyl groups is 1. The Balaban J connectivity index is 1.68. The van der Waals surface area contributed by atoms with Gasteiger partial charge in [0.15, 0.2) is 10.9 Å². The van der Waals surface area contributed by atoms with Crippen molar-refractivity contribution >= 4 is 35.1 Å². The zero-order chi connectivity index (χ0) is 16.2. The molecule has 2 aromatic rings. The third-order valence-corrected chi connectivity index (χ3v) is 3.77. The molecule has 23 heavy (non-hydrogen) atoms. The molecule has 1 aliphatic rings. The molecule has 2 aromatic carbocycles. The first-order valence-corrected chi connectivity index (χ1v) is 7.51. The maximum absolute atomic E-state index is 12.2. The van der Waals surface area contributed by atoms with Crippen molar-refractivity contribution in [2.45, 2.75) is 6.54 Å². The molecular formula is C18H14N2O2S. The van der Waals surface area contributed by atoms with E-state index in [-0.39, 0.29) is 22.2 Å². The lowest BCUT2D eigenvalue weighted by molar-refractivity contribution is 0.104. The van der Waals surface area contributed by atoms with Gasteiger partial charge in [-0.15, -0.1) is 0 Å². The van der Waals surface area contributed by atoms with Crippen molar-refractivity contribution in [1.29, 1.82) is 0 Å². The number of benzene rings is 2. The van der Waals surface area contributed by atoms with E-state index in [1.165, 1.54) is 6.21 Å². The molecule has 2 N–H and O–H groups in total. The van der Waals surface area contributed by atoms with Gasteiger partial charge in [0.05, 0.1) is 5.57 Å². The zero-order valence-corrected chi connectivity index (χ0v) is 13.0. The highest BCUT2D eigenvalue weighted by molar-refractivity contribution is 7.80. The highest BCUT2D eigenvalue weighted by Crippen LogP contribution is 2.29. The first-order chi connectivity index (χ1) is 11.2. The molecule has 0 bridgehead atoms. The number of fused-ring (bicyclic) bond motifs is 1. The molecule has 1 aliphatic carbocycles. The minimum Gasteiger partial charge on any atom is -0.506 e. The Morgan fingerprint density at radius 2 is 1.74 bits per heavy atom. The highest BCUT2D eigenvalue weighted by atomic mass is 32.1. The molecular weight excluding hydrogens is 308 g/mol. The molecule has 4 nitrogen and oxygen atoms in total. The van der Waals surface area contributed by atoms with Crippen molar-refractivity contribution in [3.63, 3.8) is 0 Å². The van der Waals surface area contributed by atoms with E-state index in [1.54, 1.807) is 24.3 Å². The molecule has 0 amide bonds. The number of hydrogen-bond acceptors (Lipinski definition) is 3. The molecule has 114 valence electrons. The lowest BCUT2D eigenvalue weighted by Crippen LogP contribution is -2.19. The second-order valence-corrected chi connectivity index (χ2v) is 5.43. The molecule has 0 unspecified atom stereocenters. The van der Waals surface area contributed by atoms with E-state index in [9.17, 15) is 9.90 Å². The number of hydrogen-bond donors (Lipinski definition) is 2. The maximum Gasteiger partial charge on any atom is 0.199 e. The number of ketones is 1. The number of carbonyl (C=O) groups excluding carboxylic acids is 1. The highest BCUT2D eigenvalue weighted by Gasteiger charge is 2.27. The summed E-state index contributed by atoms with van der Waals surface area (Å²) < 4.78 is 0. The first kappa shape index (κ1) is 15.1. The van der Waals surface area contributed by atoms with Gasteiger partial charge in [-0.25, -0.2) is 4.99 Å². The Labute approximate surface area is 139 Å². The van der Waals surface area contributed by atoms with Crippen LogP contribution in [-0.2, 0) is 6.54 Å². The lowest BCUT2D eigenvalue weighted by atomic mass is 10.1. The number of aliphatic imine (C=N–C) groups is 1. The van der Waals surface area contributed by atoms with Gasteiger partial charge in [-0.1, -0.05) is 54.6 Å². The van der Waals surface area contributed by atoms with Gasteiger partial charge in [-0.3, -0.25) is 4.79 Å². The van der Waals surface area contributed by atoms with Crippen molar-refractivity contribution in [1.82, 2.24) is 5.32 Å². The fraction of sp³-hybridized carbons (Fsp3) is 0.0556.